The van der Waals surface area contributed by atoms with Gasteiger partial charge in [0.05, 0.1) is 6.04 Å². The van der Waals surface area contributed by atoms with Crippen molar-refractivity contribution in [1.29, 1.82) is 0 Å². The summed E-state index contributed by atoms with van der Waals surface area (Å²) in [6.07, 6.45) is 6.80. The van der Waals surface area contributed by atoms with Gasteiger partial charge in [-0.1, -0.05) is 6.42 Å². The van der Waals surface area contributed by atoms with Crippen LogP contribution in [0.3, 0.4) is 0 Å². The van der Waals surface area contributed by atoms with Gasteiger partial charge < -0.3 is 10.1 Å². The number of rotatable bonds is 5. The number of nitrogens with one attached hydrogen (secondary N) is 1. The van der Waals surface area contributed by atoms with Crippen LogP contribution >= 0.6 is 0 Å². The van der Waals surface area contributed by atoms with Crippen LogP contribution in [0.1, 0.15) is 30.7 Å². The fraction of sp³-hybridized carbons (Fsp3) is 0.643. The maximum atomic E-state index is 11.9. The molecule has 6 heteroatoms. The van der Waals surface area contributed by atoms with Crippen molar-refractivity contribution in [2.75, 3.05) is 20.7 Å². The zero-order valence-electron chi connectivity index (χ0n) is 12.1. The van der Waals surface area contributed by atoms with E-state index in [2.05, 4.69) is 20.2 Å². The summed E-state index contributed by atoms with van der Waals surface area (Å²) < 4.78 is 4.99. The Labute approximate surface area is 119 Å². The molecular formula is C14H22N4O2. The van der Waals surface area contributed by atoms with Gasteiger partial charge in [0, 0.05) is 38.7 Å². The fourth-order valence-corrected chi connectivity index (χ4v) is 2.55. The van der Waals surface area contributed by atoms with Gasteiger partial charge in [-0.2, -0.15) is 0 Å². The molecule has 1 fully saturated rings. The van der Waals surface area contributed by atoms with E-state index in [0.29, 0.717) is 19.0 Å². The molecule has 1 aliphatic heterocycles. The van der Waals surface area contributed by atoms with Crippen molar-refractivity contribution in [3.8, 4) is 0 Å². The van der Waals surface area contributed by atoms with Crippen molar-refractivity contribution in [1.82, 2.24) is 20.2 Å². The Balaban J connectivity index is 2.00. The highest BCUT2D eigenvalue weighted by Gasteiger charge is 2.27. The Morgan fingerprint density at radius 1 is 1.45 bits per heavy atom. The molecule has 20 heavy (non-hydrogen) atoms. The van der Waals surface area contributed by atoms with Crippen molar-refractivity contribution in [2.24, 2.45) is 0 Å². The van der Waals surface area contributed by atoms with Crippen LogP contribution in [0.25, 0.3) is 0 Å². The van der Waals surface area contributed by atoms with Gasteiger partial charge in [0.1, 0.15) is 6.61 Å². The molecule has 1 aromatic heterocycles. The Morgan fingerprint density at radius 2 is 2.20 bits per heavy atom. The quantitative estimate of drug-likeness (QED) is 0.860. The highest BCUT2D eigenvalue weighted by molar-refractivity contribution is 5.81. The summed E-state index contributed by atoms with van der Waals surface area (Å²) in [4.78, 5) is 22.6. The second-order valence-corrected chi connectivity index (χ2v) is 5.04. The third kappa shape index (κ3) is 3.74. The summed E-state index contributed by atoms with van der Waals surface area (Å²) in [5, 5.41) is 2.75. The molecular weight excluding hydrogens is 256 g/mol. The number of hydrogen-bond donors (Lipinski definition) is 1. The number of hydrogen-bond acceptors (Lipinski definition) is 5. The van der Waals surface area contributed by atoms with Crippen LogP contribution in [-0.4, -0.2) is 47.5 Å². The van der Waals surface area contributed by atoms with Crippen LogP contribution in [0, 0.1) is 0 Å². The number of carbonyl (C=O) groups is 1. The molecule has 0 unspecified atom stereocenters. The summed E-state index contributed by atoms with van der Waals surface area (Å²) in [7, 11) is 3.32. The molecule has 1 atom stereocenters. The minimum absolute atomic E-state index is 0.0348. The first-order chi connectivity index (χ1) is 9.74. The van der Waals surface area contributed by atoms with Gasteiger partial charge in [0.25, 0.3) is 0 Å². The Bertz CT molecular complexity index is 435. The van der Waals surface area contributed by atoms with Gasteiger partial charge in [-0.25, -0.2) is 9.97 Å². The van der Waals surface area contributed by atoms with Crippen molar-refractivity contribution in [3.05, 3.63) is 23.8 Å². The average molecular weight is 278 g/mol. The lowest BCUT2D eigenvalue weighted by Crippen LogP contribution is -2.48. The minimum Gasteiger partial charge on any atom is -0.377 e. The molecule has 1 amide bonds. The molecule has 1 aliphatic rings. The van der Waals surface area contributed by atoms with Gasteiger partial charge in [-0.05, 0) is 19.4 Å². The number of piperidine rings is 1. The van der Waals surface area contributed by atoms with E-state index in [0.717, 1.165) is 31.4 Å². The van der Waals surface area contributed by atoms with Crippen molar-refractivity contribution in [2.45, 2.75) is 38.5 Å². The monoisotopic (exact) mass is 278 g/mol. The maximum absolute atomic E-state index is 11.9. The van der Waals surface area contributed by atoms with Crippen molar-refractivity contribution < 1.29 is 9.53 Å². The van der Waals surface area contributed by atoms with E-state index in [9.17, 15) is 4.79 Å². The molecule has 0 radical (unpaired) electrons. The molecule has 2 heterocycles. The minimum atomic E-state index is -0.0348. The summed E-state index contributed by atoms with van der Waals surface area (Å²) in [6.45, 7) is 2.08. The number of nitrogens with zero attached hydrogens (tertiary/aromatic N) is 3. The molecule has 1 saturated heterocycles. The largest absolute Gasteiger partial charge is 0.377 e. The second-order valence-electron chi connectivity index (χ2n) is 5.04. The summed E-state index contributed by atoms with van der Waals surface area (Å²) >= 11 is 0. The lowest BCUT2D eigenvalue weighted by atomic mass is 10.0. The van der Waals surface area contributed by atoms with Crippen LogP contribution in [-0.2, 0) is 22.7 Å². The predicted molar refractivity (Wildman–Crippen MR) is 74.9 cm³/mol. The lowest BCUT2D eigenvalue weighted by Gasteiger charge is -2.34. The van der Waals surface area contributed by atoms with Crippen LogP contribution in [0.5, 0.6) is 0 Å². The summed E-state index contributed by atoms with van der Waals surface area (Å²) in [5.41, 5.74) is 1.03. The fourth-order valence-electron chi connectivity index (χ4n) is 2.55. The highest BCUT2D eigenvalue weighted by Crippen LogP contribution is 2.19. The Hall–Kier alpha value is -1.53. The molecule has 0 spiro atoms. The van der Waals surface area contributed by atoms with E-state index in [1.807, 2.05) is 12.4 Å². The highest BCUT2D eigenvalue weighted by atomic mass is 16.5. The molecule has 110 valence electrons. The van der Waals surface area contributed by atoms with Crippen molar-refractivity contribution in [3.63, 3.8) is 0 Å². The summed E-state index contributed by atoms with van der Waals surface area (Å²) in [6, 6.07) is -0.0348. The van der Waals surface area contributed by atoms with Gasteiger partial charge in [0.15, 0.2) is 5.82 Å². The standard InChI is InChI=1S/C14H22N4O2/c1-15-14(19)12-5-3-4-6-18(12)9-11-7-16-13(10-20-2)17-8-11/h7-8,12H,3-6,9-10H2,1-2H3,(H,15,19)/t12-/m0/s1. The number of methoxy groups -OCH3 is 1. The number of ether oxygens (including phenoxy) is 1. The predicted octanol–water partition coefficient (Wildman–Crippen LogP) is 0.723. The van der Waals surface area contributed by atoms with E-state index in [1.165, 1.54) is 0 Å². The average Bonchev–Trinajstić information content (AvgIpc) is 2.49. The zero-order chi connectivity index (χ0) is 14.4. The Morgan fingerprint density at radius 3 is 2.85 bits per heavy atom. The summed E-state index contributed by atoms with van der Waals surface area (Å²) in [5.74, 6) is 0.777. The van der Waals surface area contributed by atoms with E-state index >= 15 is 0 Å². The van der Waals surface area contributed by atoms with Crippen LogP contribution in [0.4, 0.5) is 0 Å². The first-order valence-corrected chi connectivity index (χ1v) is 6.99. The van der Waals surface area contributed by atoms with E-state index in [-0.39, 0.29) is 11.9 Å². The molecule has 1 aromatic rings. The third-order valence-corrected chi connectivity index (χ3v) is 3.58. The van der Waals surface area contributed by atoms with Crippen LogP contribution in [0.15, 0.2) is 12.4 Å². The number of carbonyl (C=O) groups excluding carboxylic acids is 1. The number of likely N-dealkylation sites (tertiary alicyclic amines) is 1. The molecule has 2 rings (SSSR count). The van der Waals surface area contributed by atoms with Gasteiger partial charge >= 0.3 is 0 Å². The van der Waals surface area contributed by atoms with Gasteiger partial charge in [-0.3, -0.25) is 9.69 Å². The zero-order valence-corrected chi connectivity index (χ0v) is 12.1. The number of amides is 1. The molecule has 0 bridgehead atoms. The first-order valence-electron chi connectivity index (χ1n) is 6.99. The van der Waals surface area contributed by atoms with E-state index in [4.69, 9.17) is 4.74 Å². The smallest absolute Gasteiger partial charge is 0.237 e. The molecule has 0 aliphatic carbocycles. The van der Waals surface area contributed by atoms with Gasteiger partial charge in [-0.15, -0.1) is 0 Å². The number of likely N-dealkylation sites (N-methyl/N-ethyl adjacent to an activating group) is 1. The van der Waals surface area contributed by atoms with E-state index in [1.54, 1.807) is 14.2 Å². The lowest BCUT2D eigenvalue weighted by molar-refractivity contribution is -0.127. The Kier molecular flexibility index (Phi) is 5.43. The van der Waals surface area contributed by atoms with Crippen LogP contribution < -0.4 is 5.32 Å². The molecule has 0 saturated carbocycles. The van der Waals surface area contributed by atoms with Crippen LogP contribution in [0.2, 0.25) is 0 Å². The molecule has 1 N–H and O–H groups in total. The first kappa shape index (κ1) is 14.9. The number of aromatic nitrogens is 2. The molecule has 6 nitrogen and oxygen atoms in total. The maximum Gasteiger partial charge on any atom is 0.237 e. The van der Waals surface area contributed by atoms with Crippen molar-refractivity contribution >= 4 is 5.91 Å². The molecule has 0 aromatic carbocycles. The third-order valence-electron chi connectivity index (χ3n) is 3.58. The van der Waals surface area contributed by atoms with E-state index < -0.39 is 0 Å². The normalized spacial score (nSPS) is 19.8. The topological polar surface area (TPSA) is 67.4 Å². The second kappa shape index (κ2) is 7.31. The van der Waals surface area contributed by atoms with Gasteiger partial charge in [0.2, 0.25) is 5.91 Å². The SMILES string of the molecule is CNC(=O)[C@@H]1CCCCN1Cc1cnc(COC)nc1.